The second-order valence-corrected chi connectivity index (χ2v) is 9.05. The summed E-state index contributed by atoms with van der Waals surface area (Å²) in [6.45, 7) is 9.54. The molecule has 0 unspecified atom stereocenters. The molecule has 0 spiro atoms. The zero-order valence-electron chi connectivity index (χ0n) is 18.1. The van der Waals surface area contributed by atoms with E-state index in [-0.39, 0.29) is 41.3 Å². The van der Waals surface area contributed by atoms with E-state index in [9.17, 15) is 14.7 Å². The molecule has 2 aliphatic heterocycles. The van der Waals surface area contributed by atoms with Gasteiger partial charge in [0.1, 0.15) is 6.10 Å². The van der Waals surface area contributed by atoms with Crippen molar-refractivity contribution in [2.24, 2.45) is 23.7 Å². The summed E-state index contributed by atoms with van der Waals surface area (Å²) in [4.78, 5) is 24.4. The fraction of sp³-hybridized carbons (Fsp3) is 0.652. The quantitative estimate of drug-likeness (QED) is 0.574. The minimum atomic E-state index is -1.83. The molecule has 29 heavy (non-hydrogen) atoms. The number of methoxy groups -OCH3 is 1. The van der Waals surface area contributed by atoms with Crippen molar-refractivity contribution in [3.8, 4) is 0 Å². The standard InChI is InChI=1S/C23H32O6/c1-13(2)20-17-12-18(21(25)27-6)23(26)10-9-22(5,29-23)8-7-16(17)14(3)11-19(20)28-15(4)24/h9-13,16-17,19-20,26H,7-8H2,1-6H3/b18-12-/t16-,17+,19+,20+,22-,23+/m1/s1. The van der Waals surface area contributed by atoms with Crippen LogP contribution in [0.5, 0.6) is 0 Å². The zero-order valence-corrected chi connectivity index (χ0v) is 18.1. The van der Waals surface area contributed by atoms with Gasteiger partial charge in [0.05, 0.1) is 18.3 Å². The summed E-state index contributed by atoms with van der Waals surface area (Å²) in [7, 11) is 1.29. The lowest BCUT2D eigenvalue weighted by Gasteiger charge is -2.43. The fourth-order valence-corrected chi connectivity index (χ4v) is 5.13. The molecule has 3 rings (SSSR count). The Kier molecular flexibility index (Phi) is 5.80. The number of carbonyl (C=O) groups excluding carboxylic acids is 2. The lowest BCUT2D eigenvalue weighted by molar-refractivity contribution is -0.186. The van der Waals surface area contributed by atoms with Gasteiger partial charge in [-0.2, -0.15) is 0 Å². The lowest BCUT2D eigenvalue weighted by atomic mass is 9.64. The van der Waals surface area contributed by atoms with Gasteiger partial charge in [0.25, 0.3) is 0 Å². The summed E-state index contributed by atoms with van der Waals surface area (Å²) in [5.41, 5.74) is 0.534. The van der Waals surface area contributed by atoms with E-state index >= 15 is 0 Å². The van der Waals surface area contributed by atoms with Gasteiger partial charge in [0, 0.05) is 12.8 Å². The average molecular weight is 405 g/mol. The van der Waals surface area contributed by atoms with E-state index in [4.69, 9.17) is 14.2 Å². The fourth-order valence-electron chi connectivity index (χ4n) is 5.13. The van der Waals surface area contributed by atoms with Crippen LogP contribution < -0.4 is 0 Å². The van der Waals surface area contributed by atoms with E-state index in [2.05, 4.69) is 13.8 Å². The van der Waals surface area contributed by atoms with Crippen molar-refractivity contribution >= 4 is 11.9 Å². The highest BCUT2D eigenvalue weighted by Crippen LogP contribution is 2.48. The predicted molar refractivity (Wildman–Crippen MR) is 108 cm³/mol. The summed E-state index contributed by atoms with van der Waals surface area (Å²) in [6, 6.07) is 0. The Morgan fingerprint density at radius 2 is 1.97 bits per heavy atom. The number of aliphatic hydroxyl groups is 1. The number of fused-ring (bicyclic) bond motifs is 3. The van der Waals surface area contributed by atoms with E-state index < -0.39 is 17.4 Å². The third-order valence-electron chi connectivity index (χ3n) is 6.52. The highest BCUT2D eigenvalue weighted by Gasteiger charge is 2.50. The topological polar surface area (TPSA) is 82.1 Å². The largest absolute Gasteiger partial charge is 0.466 e. The van der Waals surface area contributed by atoms with Gasteiger partial charge in [-0.1, -0.05) is 31.6 Å². The van der Waals surface area contributed by atoms with E-state index in [1.807, 2.05) is 26.0 Å². The van der Waals surface area contributed by atoms with Gasteiger partial charge in [0.2, 0.25) is 5.79 Å². The molecular weight excluding hydrogens is 372 g/mol. The molecule has 0 amide bonds. The maximum Gasteiger partial charge on any atom is 0.339 e. The molecule has 1 aliphatic carbocycles. The molecule has 0 aromatic heterocycles. The van der Waals surface area contributed by atoms with E-state index in [1.165, 1.54) is 20.1 Å². The molecule has 6 nitrogen and oxygen atoms in total. The molecule has 1 N–H and O–H groups in total. The summed E-state index contributed by atoms with van der Waals surface area (Å²) < 4.78 is 16.6. The molecule has 6 heteroatoms. The van der Waals surface area contributed by atoms with Crippen molar-refractivity contribution in [1.29, 1.82) is 0 Å². The van der Waals surface area contributed by atoms with Crippen LogP contribution in [-0.4, -0.2) is 41.6 Å². The van der Waals surface area contributed by atoms with Gasteiger partial charge >= 0.3 is 11.9 Å². The summed E-state index contributed by atoms with van der Waals surface area (Å²) in [5.74, 6) is -2.60. The van der Waals surface area contributed by atoms with Crippen LogP contribution in [0.15, 0.2) is 35.5 Å². The van der Waals surface area contributed by atoms with Crippen molar-refractivity contribution in [2.75, 3.05) is 7.11 Å². The van der Waals surface area contributed by atoms with Crippen molar-refractivity contribution in [3.63, 3.8) is 0 Å². The van der Waals surface area contributed by atoms with Gasteiger partial charge in [-0.25, -0.2) is 4.79 Å². The van der Waals surface area contributed by atoms with Crippen molar-refractivity contribution in [3.05, 3.63) is 35.5 Å². The Hall–Kier alpha value is -1.92. The highest BCUT2D eigenvalue weighted by atomic mass is 16.6. The molecule has 0 saturated carbocycles. The SMILES string of the molecule is COC(=O)/C1=C/[C@@H]2[C@H](C(C)C)[C@@H](OC(C)=O)C=C(C)[C@H]2CC[C@]2(C)C=C[C@]1(O)O2. The van der Waals surface area contributed by atoms with Crippen molar-refractivity contribution < 1.29 is 28.9 Å². The van der Waals surface area contributed by atoms with Crippen LogP contribution in [0.3, 0.4) is 0 Å². The van der Waals surface area contributed by atoms with Crippen molar-refractivity contribution in [1.82, 2.24) is 0 Å². The van der Waals surface area contributed by atoms with Crippen LogP contribution in [0.25, 0.3) is 0 Å². The number of esters is 2. The number of ether oxygens (including phenoxy) is 3. The normalized spacial score (nSPS) is 40.7. The van der Waals surface area contributed by atoms with Gasteiger partial charge in [-0.3, -0.25) is 4.79 Å². The molecule has 2 heterocycles. The second kappa shape index (κ2) is 7.73. The lowest BCUT2D eigenvalue weighted by Crippen LogP contribution is -2.42. The second-order valence-electron chi connectivity index (χ2n) is 9.05. The Labute approximate surface area is 172 Å². The first-order valence-electron chi connectivity index (χ1n) is 10.3. The van der Waals surface area contributed by atoms with Gasteiger partial charge in [0.15, 0.2) is 0 Å². The minimum Gasteiger partial charge on any atom is -0.466 e. The van der Waals surface area contributed by atoms with E-state index in [1.54, 1.807) is 6.08 Å². The number of hydrogen-bond acceptors (Lipinski definition) is 6. The molecule has 2 bridgehead atoms. The maximum atomic E-state index is 12.7. The average Bonchev–Trinajstić information content (AvgIpc) is 2.94. The molecule has 0 aromatic carbocycles. The number of hydrogen-bond donors (Lipinski definition) is 1. The monoisotopic (exact) mass is 404 g/mol. The van der Waals surface area contributed by atoms with Gasteiger partial charge in [-0.15, -0.1) is 0 Å². The van der Waals surface area contributed by atoms with Crippen LogP contribution in [0, 0.1) is 23.7 Å². The molecular formula is C23H32O6. The smallest absolute Gasteiger partial charge is 0.339 e. The minimum absolute atomic E-state index is 0.0377. The summed E-state index contributed by atoms with van der Waals surface area (Å²) in [5, 5.41) is 11.2. The van der Waals surface area contributed by atoms with Crippen LogP contribution in [0.1, 0.15) is 47.5 Å². The van der Waals surface area contributed by atoms with Crippen LogP contribution in [0.4, 0.5) is 0 Å². The van der Waals surface area contributed by atoms with Crippen LogP contribution in [0.2, 0.25) is 0 Å². The van der Waals surface area contributed by atoms with Crippen LogP contribution in [-0.2, 0) is 23.8 Å². The molecule has 3 aliphatic rings. The summed E-state index contributed by atoms with van der Waals surface area (Å²) >= 11 is 0. The molecule has 0 fully saturated rings. The molecule has 6 atom stereocenters. The molecule has 0 radical (unpaired) electrons. The first kappa shape index (κ1) is 21.8. The number of rotatable bonds is 3. The third kappa shape index (κ3) is 4.05. The van der Waals surface area contributed by atoms with Crippen LogP contribution >= 0.6 is 0 Å². The third-order valence-corrected chi connectivity index (χ3v) is 6.52. The van der Waals surface area contributed by atoms with Crippen molar-refractivity contribution in [2.45, 2.75) is 65.0 Å². The summed E-state index contributed by atoms with van der Waals surface area (Å²) in [6.07, 6.45) is 8.35. The van der Waals surface area contributed by atoms with Gasteiger partial charge < -0.3 is 19.3 Å². The molecule has 0 aromatic rings. The zero-order chi connectivity index (χ0) is 21.6. The Morgan fingerprint density at radius 3 is 2.55 bits per heavy atom. The van der Waals surface area contributed by atoms with Gasteiger partial charge in [-0.05, 0) is 56.6 Å². The maximum absolute atomic E-state index is 12.7. The predicted octanol–water partition coefficient (Wildman–Crippen LogP) is 3.31. The Morgan fingerprint density at radius 1 is 1.28 bits per heavy atom. The Balaban J connectivity index is 2.17. The molecule has 160 valence electrons. The first-order valence-corrected chi connectivity index (χ1v) is 10.3. The van der Waals surface area contributed by atoms with E-state index in [0.717, 1.165) is 12.0 Å². The number of carbonyl (C=O) groups is 2. The Bertz CT molecular complexity index is 778. The van der Waals surface area contributed by atoms with E-state index in [0.29, 0.717) is 6.42 Å². The first-order chi connectivity index (χ1) is 13.5. The molecule has 0 saturated heterocycles. The highest BCUT2D eigenvalue weighted by molar-refractivity contribution is 5.91. The number of allylic oxidation sites excluding steroid dienone is 2.